The number of aryl methyl sites for hydroxylation is 1. The largest absolute Gasteiger partial charge is 0.478 e. The Morgan fingerprint density at radius 2 is 2.29 bits per heavy atom. The number of nitrogens with zero attached hydrogens (tertiary/aromatic N) is 1. The molecule has 0 unspecified atom stereocenters. The standard InChI is InChI=1S/C10H9NO2S/c1-2-6-3-7(5-11)9(14)8(4-6)10(12)13/h3-4,14H,2H2,1H3,(H,12,13). The van der Waals surface area contributed by atoms with Gasteiger partial charge in [0.05, 0.1) is 11.1 Å². The lowest BCUT2D eigenvalue weighted by molar-refractivity contribution is 0.0693. The lowest BCUT2D eigenvalue weighted by Gasteiger charge is -2.05. The summed E-state index contributed by atoms with van der Waals surface area (Å²) < 4.78 is 0. The molecule has 0 aromatic heterocycles. The van der Waals surface area contributed by atoms with Gasteiger partial charge < -0.3 is 5.11 Å². The number of carboxylic acid groups (broad SMARTS) is 1. The van der Waals surface area contributed by atoms with E-state index in [2.05, 4.69) is 12.6 Å². The third kappa shape index (κ3) is 1.88. The molecular formula is C10H9NO2S. The van der Waals surface area contributed by atoms with Gasteiger partial charge in [0, 0.05) is 4.90 Å². The Morgan fingerprint density at radius 1 is 1.64 bits per heavy atom. The average molecular weight is 207 g/mol. The maximum absolute atomic E-state index is 10.8. The van der Waals surface area contributed by atoms with Crippen LogP contribution in [-0.4, -0.2) is 11.1 Å². The maximum Gasteiger partial charge on any atom is 0.336 e. The van der Waals surface area contributed by atoms with Crippen molar-refractivity contribution in [2.75, 3.05) is 0 Å². The summed E-state index contributed by atoms with van der Waals surface area (Å²) in [6.07, 6.45) is 0.697. The number of nitriles is 1. The second kappa shape index (κ2) is 4.16. The molecule has 0 saturated heterocycles. The van der Waals surface area contributed by atoms with E-state index in [9.17, 15) is 4.79 Å². The van der Waals surface area contributed by atoms with Crippen LogP contribution in [-0.2, 0) is 6.42 Å². The summed E-state index contributed by atoms with van der Waals surface area (Å²) in [5.74, 6) is -1.05. The first kappa shape index (κ1) is 10.6. The molecule has 0 aliphatic carbocycles. The summed E-state index contributed by atoms with van der Waals surface area (Å²) >= 11 is 4.01. The molecule has 14 heavy (non-hydrogen) atoms. The van der Waals surface area contributed by atoms with E-state index < -0.39 is 5.97 Å². The summed E-state index contributed by atoms with van der Waals surface area (Å²) in [6.45, 7) is 1.90. The smallest absolute Gasteiger partial charge is 0.336 e. The molecular weight excluding hydrogens is 198 g/mol. The fourth-order valence-electron chi connectivity index (χ4n) is 1.15. The van der Waals surface area contributed by atoms with Crippen molar-refractivity contribution in [1.82, 2.24) is 0 Å². The Kier molecular flexibility index (Phi) is 3.15. The number of benzene rings is 1. The molecule has 0 bridgehead atoms. The van der Waals surface area contributed by atoms with Gasteiger partial charge >= 0.3 is 5.97 Å². The normalized spacial score (nSPS) is 9.50. The van der Waals surface area contributed by atoms with Crippen molar-refractivity contribution in [2.45, 2.75) is 18.2 Å². The molecule has 1 aromatic rings. The molecule has 0 radical (unpaired) electrons. The van der Waals surface area contributed by atoms with Gasteiger partial charge in [-0.1, -0.05) is 6.92 Å². The summed E-state index contributed by atoms with van der Waals surface area (Å²) in [4.78, 5) is 11.0. The monoisotopic (exact) mass is 207 g/mol. The van der Waals surface area contributed by atoms with Crippen molar-refractivity contribution in [3.63, 3.8) is 0 Å². The van der Waals surface area contributed by atoms with Gasteiger partial charge in [-0.3, -0.25) is 0 Å². The molecule has 0 aliphatic heterocycles. The minimum absolute atomic E-state index is 0.0873. The predicted molar refractivity (Wildman–Crippen MR) is 54.7 cm³/mol. The molecule has 1 aromatic carbocycles. The molecule has 0 aliphatic rings. The maximum atomic E-state index is 10.8. The minimum atomic E-state index is -1.05. The highest BCUT2D eigenvalue weighted by molar-refractivity contribution is 7.80. The molecule has 72 valence electrons. The van der Waals surface area contributed by atoms with Gasteiger partial charge in [0.15, 0.2) is 0 Å². The van der Waals surface area contributed by atoms with Crippen molar-refractivity contribution in [3.8, 4) is 6.07 Å². The Morgan fingerprint density at radius 3 is 2.71 bits per heavy atom. The van der Waals surface area contributed by atoms with Gasteiger partial charge in [0.25, 0.3) is 0 Å². The van der Waals surface area contributed by atoms with E-state index in [0.29, 0.717) is 12.0 Å². The van der Waals surface area contributed by atoms with Crippen LogP contribution in [0.5, 0.6) is 0 Å². The van der Waals surface area contributed by atoms with Crippen LogP contribution in [0.25, 0.3) is 0 Å². The van der Waals surface area contributed by atoms with Crippen molar-refractivity contribution in [1.29, 1.82) is 5.26 Å². The molecule has 0 atom stereocenters. The van der Waals surface area contributed by atoms with Crippen molar-refractivity contribution in [3.05, 3.63) is 28.8 Å². The number of rotatable bonds is 2. The van der Waals surface area contributed by atoms with Gasteiger partial charge in [-0.15, -0.1) is 12.6 Å². The molecule has 3 nitrogen and oxygen atoms in total. The summed E-state index contributed by atoms with van der Waals surface area (Å²) in [6, 6.07) is 5.13. The fourth-order valence-corrected chi connectivity index (χ4v) is 1.42. The second-order valence-electron chi connectivity index (χ2n) is 2.81. The number of aromatic carboxylic acids is 1. The van der Waals surface area contributed by atoms with E-state index in [-0.39, 0.29) is 10.5 Å². The molecule has 4 heteroatoms. The Labute approximate surface area is 87.4 Å². The predicted octanol–water partition coefficient (Wildman–Crippen LogP) is 2.11. The highest BCUT2D eigenvalue weighted by atomic mass is 32.1. The van der Waals surface area contributed by atoms with Crippen LogP contribution < -0.4 is 0 Å². The zero-order valence-corrected chi connectivity index (χ0v) is 8.51. The van der Waals surface area contributed by atoms with E-state index in [1.54, 1.807) is 12.1 Å². The summed E-state index contributed by atoms with van der Waals surface area (Å²) in [5, 5.41) is 17.6. The van der Waals surface area contributed by atoms with Crippen LogP contribution in [0.3, 0.4) is 0 Å². The van der Waals surface area contributed by atoms with Gasteiger partial charge in [0.1, 0.15) is 6.07 Å². The zero-order chi connectivity index (χ0) is 10.7. The molecule has 0 heterocycles. The molecule has 0 spiro atoms. The lowest BCUT2D eigenvalue weighted by atomic mass is 10.0. The number of thiol groups is 1. The molecule has 0 amide bonds. The number of carboxylic acids is 1. The SMILES string of the molecule is CCc1cc(C#N)c(S)c(C(=O)O)c1. The summed E-state index contributed by atoms with van der Waals surface area (Å²) in [7, 11) is 0. The number of hydrogen-bond acceptors (Lipinski definition) is 3. The molecule has 1 N–H and O–H groups in total. The first-order valence-corrected chi connectivity index (χ1v) is 4.54. The topological polar surface area (TPSA) is 61.1 Å². The Balaban J connectivity index is 3.44. The third-order valence-corrected chi connectivity index (χ3v) is 2.41. The van der Waals surface area contributed by atoms with Gasteiger partial charge in [-0.2, -0.15) is 5.26 Å². The first-order chi connectivity index (χ1) is 6.60. The van der Waals surface area contributed by atoms with Crippen LogP contribution in [0.4, 0.5) is 0 Å². The second-order valence-corrected chi connectivity index (χ2v) is 3.26. The van der Waals surface area contributed by atoms with E-state index in [4.69, 9.17) is 10.4 Å². The number of hydrogen-bond donors (Lipinski definition) is 2. The van der Waals surface area contributed by atoms with Crippen molar-refractivity contribution in [2.24, 2.45) is 0 Å². The highest BCUT2D eigenvalue weighted by Crippen LogP contribution is 2.21. The average Bonchev–Trinajstić information content (AvgIpc) is 2.17. The fraction of sp³-hybridized carbons (Fsp3) is 0.200. The van der Waals surface area contributed by atoms with Crippen molar-refractivity contribution >= 4 is 18.6 Å². The van der Waals surface area contributed by atoms with Gasteiger partial charge in [-0.05, 0) is 24.1 Å². The zero-order valence-electron chi connectivity index (χ0n) is 7.61. The molecule has 0 fully saturated rings. The quantitative estimate of drug-likeness (QED) is 0.730. The Hall–Kier alpha value is -1.47. The van der Waals surface area contributed by atoms with Crippen LogP contribution >= 0.6 is 12.6 Å². The van der Waals surface area contributed by atoms with Gasteiger partial charge in [0.2, 0.25) is 0 Å². The minimum Gasteiger partial charge on any atom is -0.478 e. The first-order valence-electron chi connectivity index (χ1n) is 4.09. The van der Waals surface area contributed by atoms with Crippen LogP contribution in [0, 0.1) is 11.3 Å². The van der Waals surface area contributed by atoms with E-state index in [1.165, 1.54) is 0 Å². The molecule has 1 rings (SSSR count). The van der Waals surface area contributed by atoms with E-state index in [1.807, 2.05) is 13.0 Å². The third-order valence-electron chi connectivity index (χ3n) is 1.93. The molecule has 0 saturated carbocycles. The summed E-state index contributed by atoms with van der Waals surface area (Å²) in [5.41, 5.74) is 1.23. The number of carbonyl (C=O) groups is 1. The van der Waals surface area contributed by atoms with Crippen LogP contribution in [0.2, 0.25) is 0 Å². The van der Waals surface area contributed by atoms with Gasteiger partial charge in [-0.25, -0.2) is 4.79 Å². The van der Waals surface area contributed by atoms with E-state index >= 15 is 0 Å². The van der Waals surface area contributed by atoms with Crippen LogP contribution in [0.15, 0.2) is 17.0 Å². The Bertz CT molecular complexity index is 421. The van der Waals surface area contributed by atoms with Crippen LogP contribution in [0.1, 0.15) is 28.4 Å². The lowest BCUT2D eigenvalue weighted by Crippen LogP contribution is -2.01. The van der Waals surface area contributed by atoms with Crippen molar-refractivity contribution < 1.29 is 9.90 Å². The van der Waals surface area contributed by atoms with E-state index in [0.717, 1.165) is 5.56 Å². The highest BCUT2D eigenvalue weighted by Gasteiger charge is 2.12.